The van der Waals surface area contributed by atoms with E-state index in [-0.39, 0.29) is 5.41 Å². The molecule has 2 aliphatic carbocycles. The fraction of sp³-hybridized carbons (Fsp3) is 1.00. The molecule has 3 fully saturated rings. The van der Waals surface area contributed by atoms with Crippen molar-refractivity contribution in [1.29, 1.82) is 0 Å². The van der Waals surface area contributed by atoms with E-state index in [2.05, 4.69) is 11.8 Å². The lowest BCUT2D eigenvalue weighted by Crippen LogP contribution is -2.55. The highest BCUT2D eigenvalue weighted by Gasteiger charge is 2.55. The lowest BCUT2D eigenvalue weighted by Gasteiger charge is -2.49. The number of nitrogens with two attached hydrogens (primary N) is 1. The number of nitrogens with zero attached hydrogens (tertiary/aromatic N) is 1. The zero-order valence-electron chi connectivity index (χ0n) is 13.1. The Morgan fingerprint density at radius 3 is 2.40 bits per heavy atom. The maximum Gasteiger partial charge on any atom is 0.0854 e. The van der Waals surface area contributed by atoms with Crippen LogP contribution in [0.1, 0.15) is 64.7 Å². The Balaban J connectivity index is 1.66. The van der Waals surface area contributed by atoms with E-state index in [0.29, 0.717) is 6.54 Å². The SMILES string of the molecule is CCCC1CCC(CN)(C2(O)CCN(C3CC3)C2)CC1. The molecule has 2 saturated carbocycles. The van der Waals surface area contributed by atoms with Crippen LogP contribution in [0.3, 0.4) is 0 Å². The predicted molar refractivity (Wildman–Crippen MR) is 82.5 cm³/mol. The lowest BCUT2D eigenvalue weighted by molar-refractivity contribution is -0.0968. The van der Waals surface area contributed by atoms with Crippen LogP contribution in [0.25, 0.3) is 0 Å². The number of hydrogen-bond donors (Lipinski definition) is 2. The minimum atomic E-state index is -0.512. The molecule has 1 atom stereocenters. The molecule has 0 aromatic rings. The van der Waals surface area contributed by atoms with Crippen molar-refractivity contribution in [2.45, 2.75) is 76.4 Å². The fourth-order valence-electron chi connectivity index (χ4n) is 4.79. The minimum Gasteiger partial charge on any atom is -0.388 e. The summed E-state index contributed by atoms with van der Waals surface area (Å²) in [5, 5.41) is 11.3. The first kappa shape index (κ1) is 14.8. The molecule has 3 aliphatic rings. The minimum absolute atomic E-state index is 0.000874. The quantitative estimate of drug-likeness (QED) is 0.813. The van der Waals surface area contributed by atoms with E-state index < -0.39 is 5.60 Å². The molecule has 20 heavy (non-hydrogen) atoms. The standard InChI is InChI=1S/C17H32N2O/c1-2-3-14-6-8-16(12-18,9-7-14)17(20)10-11-19(13-17)15-4-5-15/h14-15,20H,2-13,18H2,1H3. The highest BCUT2D eigenvalue weighted by molar-refractivity contribution is 5.08. The van der Waals surface area contributed by atoms with Crippen molar-refractivity contribution < 1.29 is 5.11 Å². The molecular weight excluding hydrogens is 248 g/mol. The average Bonchev–Trinajstić information content (AvgIpc) is 3.23. The van der Waals surface area contributed by atoms with Crippen molar-refractivity contribution >= 4 is 0 Å². The van der Waals surface area contributed by atoms with Gasteiger partial charge in [0.05, 0.1) is 5.60 Å². The zero-order valence-corrected chi connectivity index (χ0v) is 13.1. The summed E-state index contributed by atoms with van der Waals surface area (Å²) in [6.07, 6.45) is 11.1. The first-order valence-electron chi connectivity index (χ1n) is 8.79. The molecule has 0 radical (unpaired) electrons. The summed E-state index contributed by atoms with van der Waals surface area (Å²) in [4.78, 5) is 2.52. The molecule has 1 heterocycles. The Labute approximate surface area is 123 Å². The molecule has 3 nitrogen and oxygen atoms in total. The Kier molecular flexibility index (Phi) is 4.13. The van der Waals surface area contributed by atoms with Gasteiger partial charge >= 0.3 is 0 Å². The zero-order chi connectivity index (χ0) is 14.2. The molecule has 116 valence electrons. The Morgan fingerprint density at radius 1 is 1.15 bits per heavy atom. The second-order valence-electron chi connectivity index (χ2n) is 7.70. The van der Waals surface area contributed by atoms with Crippen molar-refractivity contribution in [2.24, 2.45) is 17.1 Å². The van der Waals surface area contributed by atoms with Gasteiger partial charge in [-0.15, -0.1) is 0 Å². The van der Waals surface area contributed by atoms with E-state index in [1.165, 1.54) is 38.5 Å². The van der Waals surface area contributed by atoms with Gasteiger partial charge in [-0.3, -0.25) is 4.90 Å². The van der Waals surface area contributed by atoms with Crippen LogP contribution in [0.5, 0.6) is 0 Å². The summed E-state index contributed by atoms with van der Waals surface area (Å²) >= 11 is 0. The molecular formula is C17H32N2O. The molecule has 1 saturated heterocycles. The number of aliphatic hydroxyl groups is 1. The smallest absolute Gasteiger partial charge is 0.0854 e. The van der Waals surface area contributed by atoms with E-state index in [0.717, 1.165) is 44.3 Å². The monoisotopic (exact) mass is 280 g/mol. The van der Waals surface area contributed by atoms with Gasteiger partial charge in [0.1, 0.15) is 0 Å². The van der Waals surface area contributed by atoms with Gasteiger partial charge in [-0.05, 0) is 50.9 Å². The van der Waals surface area contributed by atoms with Gasteiger partial charge in [0.2, 0.25) is 0 Å². The molecule has 0 amide bonds. The van der Waals surface area contributed by atoms with Crippen molar-refractivity contribution in [1.82, 2.24) is 4.90 Å². The van der Waals surface area contributed by atoms with Gasteiger partial charge in [-0.25, -0.2) is 0 Å². The first-order valence-corrected chi connectivity index (χ1v) is 8.79. The van der Waals surface area contributed by atoms with E-state index in [1.54, 1.807) is 0 Å². The van der Waals surface area contributed by atoms with Gasteiger partial charge in [0.25, 0.3) is 0 Å². The van der Waals surface area contributed by atoms with Crippen LogP contribution in [0.15, 0.2) is 0 Å². The molecule has 0 aromatic heterocycles. The summed E-state index contributed by atoms with van der Waals surface area (Å²) in [6, 6.07) is 0.773. The van der Waals surface area contributed by atoms with Crippen LogP contribution in [-0.2, 0) is 0 Å². The largest absolute Gasteiger partial charge is 0.388 e. The molecule has 0 aromatic carbocycles. The van der Waals surface area contributed by atoms with Gasteiger partial charge in [0, 0.05) is 31.1 Å². The van der Waals surface area contributed by atoms with Gasteiger partial charge in [-0.1, -0.05) is 19.8 Å². The van der Waals surface area contributed by atoms with Gasteiger partial charge in [0.15, 0.2) is 0 Å². The molecule has 3 N–H and O–H groups in total. The van der Waals surface area contributed by atoms with Crippen LogP contribution >= 0.6 is 0 Å². The fourth-order valence-corrected chi connectivity index (χ4v) is 4.79. The highest BCUT2D eigenvalue weighted by atomic mass is 16.3. The maximum absolute atomic E-state index is 11.3. The number of hydrogen-bond acceptors (Lipinski definition) is 3. The van der Waals surface area contributed by atoms with Crippen LogP contribution < -0.4 is 5.73 Å². The third kappa shape index (κ3) is 2.53. The summed E-state index contributed by atoms with van der Waals surface area (Å²) < 4.78 is 0. The van der Waals surface area contributed by atoms with E-state index in [4.69, 9.17) is 5.73 Å². The predicted octanol–water partition coefficient (Wildman–Crippen LogP) is 2.52. The third-order valence-corrected chi connectivity index (χ3v) is 6.48. The summed E-state index contributed by atoms with van der Waals surface area (Å²) in [5.41, 5.74) is 5.67. The lowest BCUT2D eigenvalue weighted by atomic mass is 9.60. The van der Waals surface area contributed by atoms with E-state index in [9.17, 15) is 5.11 Å². The Hall–Kier alpha value is -0.120. The molecule has 0 bridgehead atoms. The summed E-state index contributed by atoms with van der Waals surface area (Å²) in [7, 11) is 0. The van der Waals surface area contributed by atoms with Crippen LogP contribution in [0, 0.1) is 11.3 Å². The Bertz CT molecular complexity index is 334. The normalized spacial score (nSPS) is 43.0. The number of β-amino-alcohol motifs (C(OH)–C–C–N with tert-alkyl or cyclic N) is 1. The second kappa shape index (κ2) is 5.58. The molecule has 1 unspecified atom stereocenters. The van der Waals surface area contributed by atoms with Crippen LogP contribution in [0.4, 0.5) is 0 Å². The van der Waals surface area contributed by atoms with Crippen molar-refractivity contribution in [3.8, 4) is 0 Å². The van der Waals surface area contributed by atoms with Crippen molar-refractivity contribution in [2.75, 3.05) is 19.6 Å². The summed E-state index contributed by atoms with van der Waals surface area (Å²) in [5.74, 6) is 0.879. The summed E-state index contributed by atoms with van der Waals surface area (Å²) in [6.45, 7) is 4.91. The van der Waals surface area contributed by atoms with Crippen LogP contribution in [-0.4, -0.2) is 41.3 Å². The van der Waals surface area contributed by atoms with Gasteiger partial charge in [-0.2, -0.15) is 0 Å². The Morgan fingerprint density at radius 2 is 1.85 bits per heavy atom. The van der Waals surface area contributed by atoms with Crippen LogP contribution in [0.2, 0.25) is 0 Å². The molecule has 1 aliphatic heterocycles. The van der Waals surface area contributed by atoms with Crippen molar-refractivity contribution in [3.05, 3.63) is 0 Å². The third-order valence-electron chi connectivity index (χ3n) is 6.48. The highest BCUT2D eigenvalue weighted by Crippen LogP contribution is 2.51. The maximum atomic E-state index is 11.3. The number of likely N-dealkylation sites (tertiary alicyclic amines) is 1. The van der Waals surface area contributed by atoms with Crippen molar-refractivity contribution in [3.63, 3.8) is 0 Å². The van der Waals surface area contributed by atoms with E-state index in [1.807, 2.05) is 0 Å². The number of rotatable bonds is 5. The molecule has 3 heteroatoms. The van der Waals surface area contributed by atoms with E-state index >= 15 is 0 Å². The molecule has 0 spiro atoms. The molecule has 3 rings (SSSR count). The average molecular weight is 280 g/mol. The first-order chi connectivity index (χ1) is 9.62. The van der Waals surface area contributed by atoms with Gasteiger partial charge < -0.3 is 10.8 Å². The topological polar surface area (TPSA) is 49.5 Å². The second-order valence-corrected chi connectivity index (χ2v) is 7.70.